The fourth-order valence-electron chi connectivity index (χ4n) is 3.81. The second kappa shape index (κ2) is 7.42. The number of hydrogen-bond acceptors (Lipinski definition) is 3. The van der Waals surface area contributed by atoms with Crippen molar-refractivity contribution in [3.8, 4) is 0 Å². The van der Waals surface area contributed by atoms with Gasteiger partial charge in [0.1, 0.15) is 5.76 Å². The Balaban J connectivity index is 1.66. The van der Waals surface area contributed by atoms with E-state index in [1.54, 1.807) is 12.1 Å². The summed E-state index contributed by atoms with van der Waals surface area (Å²) in [6.45, 7) is 0.354. The number of aryl methyl sites for hydroxylation is 1. The number of rotatable bonds is 5. The van der Waals surface area contributed by atoms with Crippen LogP contribution < -0.4 is 0 Å². The Morgan fingerprint density at radius 1 is 1.21 bits per heavy atom. The molecule has 4 rings (SSSR count). The largest absolute Gasteiger partial charge is 0.467 e. The summed E-state index contributed by atoms with van der Waals surface area (Å²) in [4.78, 5) is 14.6. The molecular weight excluding hydrogens is 383 g/mol. The number of carbonyl (C=O) groups excluding carboxylic acids is 1. The van der Waals surface area contributed by atoms with Crippen LogP contribution in [0.1, 0.15) is 45.1 Å². The van der Waals surface area contributed by atoms with E-state index >= 15 is 0 Å². The monoisotopic (exact) mass is 403 g/mol. The van der Waals surface area contributed by atoms with Crippen LogP contribution in [-0.2, 0) is 39.2 Å². The van der Waals surface area contributed by atoms with Gasteiger partial charge in [-0.25, -0.2) is 0 Å². The number of hydrogen-bond donors (Lipinski definition) is 0. The van der Waals surface area contributed by atoms with Crippen LogP contribution >= 0.6 is 0 Å². The van der Waals surface area contributed by atoms with Crippen LogP contribution in [0.5, 0.6) is 0 Å². The van der Waals surface area contributed by atoms with E-state index in [0.29, 0.717) is 5.76 Å². The Morgan fingerprint density at radius 3 is 2.76 bits per heavy atom. The van der Waals surface area contributed by atoms with Crippen molar-refractivity contribution >= 4 is 5.91 Å². The average Bonchev–Trinajstić information content (AvgIpc) is 3.41. The summed E-state index contributed by atoms with van der Waals surface area (Å²) in [7, 11) is 1.87. The van der Waals surface area contributed by atoms with Crippen molar-refractivity contribution in [1.29, 1.82) is 0 Å². The Kier molecular flexibility index (Phi) is 4.94. The van der Waals surface area contributed by atoms with Gasteiger partial charge in [0.2, 0.25) is 0 Å². The molecule has 0 bridgehead atoms. The van der Waals surface area contributed by atoms with Crippen LogP contribution in [0.15, 0.2) is 47.1 Å². The van der Waals surface area contributed by atoms with Gasteiger partial charge in [-0.05, 0) is 55.2 Å². The molecule has 0 spiro atoms. The molecule has 0 saturated heterocycles. The summed E-state index contributed by atoms with van der Waals surface area (Å²) in [5, 5.41) is 4.55. The third-order valence-corrected chi connectivity index (χ3v) is 5.19. The molecule has 5 nitrogen and oxygen atoms in total. The fraction of sp³-hybridized carbons (Fsp3) is 0.333. The molecule has 152 valence electrons. The third kappa shape index (κ3) is 3.92. The number of carbonyl (C=O) groups is 1. The molecule has 0 N–H and O–H groups in total. The highest BCUT2D eigenvalue weighted by Gasteiger charge is 2.32. The van der Waals surface area contributed by atoms with Crippen LogP contribution in [0.25, 0.3) is 0 Å². The molecule has 0 unspecified atom stereocenters. The Morgan fingerprint density at radius 2 is 2.03 bits per heavy atom. The molecule has 1 amide bonds. The van der Waals surface area contributed by atoms with E-state index in [2.05, 4.69) is 5.10 Å². The van der Waals surface area contributed by atoms with Crippen LogP contribution in [0.4, 0.5) is 13.2 Å². The number of halogens is 3. The van der Waals surface area contributed by atoms with Gasteiger partial charge in [0.05, 0.1) is 30.6 Å². The lowest BCUT2D eigenvalue weighted by Gasteiger charge is -2.22. The zero-order chi connectivity index (χ0) is 20.6. The molecule has 0 atom stereocenters. The maximum absolute atomic E-state index is 13.1. The maximum atomic E-state index is 13.1. The van der Waals surface area contributed by atoms with Crippen molar-refractivity contribution in [2.24, 2.45) is 7.05 Å². The Bertz CT molecular complexity index is 1020. The predicted octanol–water partition coefficient (Wildman–Crippen LogP) is 4.36. The van der Waals surface area contributed by atoms with Gasteiger partial charge >= 0.3 is 6.18 Å². The number of nitrogens with zero attached hydrogens (tertiary/aromatic N) is 3. The van der Waals surface area contributed by atoms with Gasteiger partial charge in [0, 0.05) is 18.3 Å². The van der Waals surface area contributed by atoms with E-state index in [0.717, 1.165) is 48.3 Å². The molecule has 2 aromatic heterocycles. The number of fused-ring (bicyclic) bond motifs is 1. The van der Waals surface area contributed by atoms with E-state index < -0.39 is 17.6 Å². The average molecular weight is 403 g/mol. The minimum atomic E-state index is -4.51. The smallest absolute Gasteiger partial charge is 0.416 e. The van der Waals surface area contributed by atoms with Crippen LogP contribution in [0.3, 0.4) is 0 Å². The predicted molar refractivity (Wildman–Crippen MR) is 99.0 cm³/mol. The quantitative estimate of drug-likeness (QED) is 0.636. The molecule has 29 heavy (non-hydrogen) atoms. The van der Waals surface area contributed by atoms with E-state index in [9.17, 15) is 18.0 Å². The first-order valence-electron chi connectivity index (χ1n) is 9.35. The number of benzene rings is 1. The molecule has 2 heterocycles. The molecule has 0 fully saturated rings. The number of alkyl halides is 3. The third-order valence-electron chi connectivity index (χ3n) is 5.19. The molecule has 0 saturated carbocycles. The van der Waals surface area contributed by atoms with Gasteiger partial charge < -0.3 is 9.32 Å². The zero-order valence-corrected chi connectivity index (χ0v) is 15.9. The van der Waals surface area contributed by atoms with Crippen molar-refractivity contribution < 1.29 is 22.4 Å². The topological polar surface area (TPSA) is 51.3 Å². The molecule has 0 aliphatic heterocycles. The van der Waals surface area contributed by atoms with Crippen LogP contribution in [-0.4, -0.2) is 20.6 Å². The molecule has 1 aliphatic rings. The Hall–Kier alpha value is -3.03. The summed E-state index contributed by atoms with van der Waals surface area (Å²) in [6.07, 6.45) is -0.137. The number of aromatic nitrogens is 2. The molecule has 0 radical (unpaired) electrons. The lowest BCUT2D eigenvalue weighted by Crippen LogP contribution is -2.30. The minimum Gasteiger partial charge on any atom is -0.467 e. The molecule has 8 heteroatoms. The second-order valence-electron chi connectivity index (χ2n) is 7.17. The summed E-state index contributed by atoms with van der Waals surface area (Å²) in [5.74, 6) is 0.0582. The first kappa shape index (κ1) is 19.3. The van der Waals surface area contributed by atoms with E-state index in [4.69, 9.17) is 4.42 Å². The zero-order valence-electron chi connectivity index (χ0n) is 15.9. The normalized spacial score (nSPS) is 13.5. The van der Waals surface area contributed by atoms with E-state index in [1.807, 2.05) is 11.7 Å². The van der Waals surface area contributed by atoms with Crippen molar-refractivity contribution in [3.63, 3.8) is 0 Å². The minimum absolute atomic E-state index is 0.0149. The van der Waals surface area contributed by atoms with Crippen molar-refractivity contribution in [2.75, 3.05) is 0 Å². The van der Waals surface area contributed by atoms with Crippen LogP contribution in [0.2, 0.25) is 0 Å². The highest BCUT2D eigenvalue weighted by atomic mass is 19.4. The fourth-order valence-corrected chi connectivity index (χ4v) is 3.81. The second-order valence-corrected chi connectivity index (χ2v) is 7.17. The standard InChI is InChI=1S/C21H20F3N3O2/c1-26-19-9-3-8-17(19)18(25-26)13-27(12-16-7-4-10-29-16)20(28)14-5-2-6-15(11-14)21(22,23)24/h2,4-7,10-11H,3,8-9,12-13H2,1H3. The van der Waals surface area contributed by atoms with Crippen LogP contribution in [0, 0.1) is 0 Å². The summed E-state index contributed by atoms with van der Waals surface area (Å²) < 4.78 is 46.4. The van der Waals surface area contributed by atoms with Gasteiger partial charge in [-0.2, -0.15) is 18.3 Å². The van der Waals surface area contributed by atoms with Gasteiger partial charge in [-0.15, -0.1) is 0 Å². The Labute approximate surface area is 165 Å². The van der Waals surface area contributed by atoms with Crippen molar-refractivity contribution in [1.82, 2.24) is 14.7 Å². The molecule has 1 aromatic carbocycles. The summed E-state index contributed by atoms with van der Waals surface area (Å²) >= 11 is 0. The molecular formula is C21H20F3N3O2. The maximum Gasteiger partial charge on any atom is 0.416 e. The van der Waals surface area contributed by atoms with Crippen molar-refractivity contribution in [2.45, 2.75) is 38.5 Å². The lowest BCUT2D eigenvalue weighted by molar-refractivity contribution is -0.137. The molecule has 3 aromatic rings. The lowest BCUT2D eigenvalue weighted by atomic mass is 10.1. The van der Waals surface area contributed by atoms with Gasteiger partial charge in [-0.1, -0.05) is 6.07 Å². The van der Waals surface area contributed by atoms with Gasteiger partial charge in [0.15, 0.2) is 0 Å². The van der Waals surface area contributed by atoms with E-state index in [1.165, 1.54) is 23.3 Å². The van der Waals surface area contributed by atoms with Gasteiger partial charge in [-0.3, -0.25) is 9.48 Å². The first-order valence-corrected chi connectivity index (χ1v) is 9.35. The van der Waals surface area contributed by atoms with E-state index in [-0.39, 0.29) is 18.7 Å². The highest BCUT2D eigenvalue weighted by molar-refractivity contribution is 5.94. The number of furan rings is 1. The summed E-state index contributed by atoms with van der Waals surface area (Å²) in [6, 6.07) is 7.94. The summed E-state index contributed by atoms with van der Waals surface area (Å²) in [5.41, 5.74) is 2.21. The van der Waals surface area contributed by atoms with Crippen molar-refractivity contribution in [3.05, 3.63) is 76.5 Å². The SMILES string of the molecule is Cn1nc(CN(Cc2ccco2)C(=O)c2cccc(C(F)(F)F)c2)c2c1CCC2. The first-order chi connectivity index (χ1) is 13.8. The van der Waals surface area contributed by atoms with Gasteiger partial charge in [0.25, 0.3) is 5.91 Å². The highest BCUT2D eigenvalue weighted by Crippen LogP contribution is 2.30. The molecule has 1 aliphatic carbocycles. The number of amides is 1.